The second-order valence-corrected chi connectivity index (χ2v) is 11.4. The Morgan fingerprint density at radius 3 is 2.53 bits per heavy atom. The Bertz CT molecular complexity index is 1210. The van der Waals surface area contributed by atoms with Gasteiger partial charge in [-0.1, -0.05) is 5.16 Å². The Kier molecular flexibility index (Phi) is 7.92. The van der Waals surface area contributed by atoms with E-state index in [0.717, 1.165) is 0 Å². The summed E-state index contributed by atoms with van der Waals surface area (Å²) in [6, 6.07) is 0. The van der Waals surface area contributed by atoms with E-state index in [0.29, 0.717) is 16.9 Å². The molecule has 0 aromatic carbocycles. The minimum atomic E-state index is -5.66. The van der Waals surface area contributed by atoms with Crippen molar-refractivity contribution in [2.24, 2.45) is 5.16 Å². The lowest BCUT2D eigenvalue weighted by atomic mass is 10.2. The van der Waals surface area contributed by atoms with Crippen LogP contribution >= 0.6 is 23.5 Å². The molecule has 0 amide bonds. The summed E-state index contributed by atoms with van der Waals surface area (Å²) in [4.78, 5) is 53.7. The molecule has 0 aliphatic carbocycles. The molecule has 2 unspecified atom stereocenters. The molecule has 18 nitrogen and oxygen atoms in total. The van der Waals surface area contributed by atoms with Crippen molar-refractivity contribution in [3.05, 3.63) is 12.7 Å². The Hall–Kier alpha value is -1.81. The second-order valence-electron chi connectivity index (χ2n) is 7.02. The van der Waals surface area contributed by atoms with Crippen molar-refractivity contribution >= 4 is 46.2 Å². The minimum Gasteiger partial charge on any atom is -0.389 e. The first kappa shape index (κ1) is 26.8. The van der Waals surface area contributed by atoms with Gasteiger partial charge in [-0.05, 0) is 13.8 Å². The molecule has 2 aromatic heterocycles. The van der Waals surface area contributed by atoms with Gasteiger partial charge in [0.2, 0.25) is 0 Å². The highest BCUT2D eigenvalue weighted by atomic mass is 31.3. The van der Waals surface area contributed by atoms with Crippen molar-refractivity contribution in [2.45, 2.75) is 38.7 Å². The summed E-state index contributed by atoms with van der Waals surface area (Å²) in [6.45, 7) is 2.61. The Labute approximate surface area is 191 Å². The number of phosphoric acid groups is 3. The molecular formula is C13H21N6O12P3. The predicted molar refractivity (Wildman–Crippen MR) is 112 cm³/mol. The maximum absolute atomic E-state index is 12.0. The van der Waals surface area contributed by atoms with E-state index in [1.807, 2.05) is 0 Å². The highest BCUT2D eigenvalue weighted by Gasteiger charge is 2.44. The molecule has 3 rings (SSSR count). The van der Waals surface area contributed by atoms with Crippen LogP contribution in [0.15, 0.2) is 17.8 Å². The van der Waals surface area contributed by atoms with Gasteiger partial charge in [-0.2, -0.15) is 8.62 Å². The number of nitrogen functional groups attached to an aromatic ring is 1. The molecule has 0 saturated carbocycles. The molecule has 0 spiro atoms. The van der Waals surface area contributed by atoms with Gasteiger partial charge in [-0.3, -0.25) is 9.09 Å². The normalized spacial score (nSPS) is 24.5. The summed E-state index contributed by atoms with van der Waals surface area (Å²) in [5.41, 5.74) is 7.01. The summed E-state index contributed by atoms with van der Waals surface area (Å²) in [6.07, 6.45) is 0.133. The first-order valence-corrected chi connectivity index (χ1v) is 13.7. The number of phosphoric ester groups is 1. The van der Waals surface area contributed by atoms with E-state index in [-0.39, 0.29) is 12.2 Å². The lowest BCUT2D eigenvalue weighted by Crippen LogP contribution is -2.28. The maximum Gasteiger partial charge on any atom is 0.490 e. The minimum absolute atomic E-state index is 0.143. The van der Waals surface area contributed by atoms with Gasteiger partial charge in [0.1, 0.15) is 24.2 Å². The number of fused-ring (bicyclic) bond motifs is 1. The Balaban J connectivity index is 1.75. The highest BCUT2D eigenvalue weighted by molar-refractivity contribution is 7.66. The highest BCUT2D eigenvalue weighted by Crippen LogP contribution is 2.66. The van der Waals surface area contributed by atoms with E-state index in [1.54, 1.807) is 13.8 Å². The average molecular weight is 546 g/mol. The maximum atomic E-state index is 12.0. The molecule has 2 aromatic rings. The average Bonchev–Trinajstić information content (AvgIpc) is 3.26. The van der Waals surface area contributed by atoms with Crippen LogP contribution in [0.25, 0.3) is 11.2 Å². The van der Waals surface area contributed by atoms with Gasteiger partial charge in [0.05, 0.1) is 18.6 Å². The monoisotopic (exact) mass is 546 g/mol. The molecule has 3 heterocycles. The lowest BCUT2D eigenvalue weighted by molar-refractivity contribution is -0.0586. The van der Waals surface area contributed by atoms with Crippen LogP contribution in [0.2, 0.25) is 0 Å². The Morgan fingerprint density at radius 2 is 1.88 bits per heavy atom. The summed E-state index contributed by atoms with van der Waals surface area (Å²) in [7, 11) is -16.5. The molecule has 1 saturated heterocycles. The molecule has 1 aliphatic heterocycles. The number of hydrogen-bond donors (Lipinski definition) is 5. The third-order valence-corrected chi connectivity index (χ3v) is 7.87. The first-order chi connectivity index (χ1) is 15.7. The number of aromatic nitrogens is 4. The summed E-state index contributed by atoms with van der Waals surface area (Å²) in [5.74, 6) is 0.143. The lowest BCUT2D eigenvalue weighted by Gasteiger charge is -2.20. The van der Waals surface area contributed by atoms with Crippen LogP contribution < -0.4 is 5.73 Å². The van der Waals surface area contributed by atoms with Crippen molar-refractivity contribution in [3.63, 3.8) is 0 Å². The van der Waals surface area contributed by atoms with Crippen molar-refractivity contribution in [1.29, 1.82) is 0 Å². The molecular weight excluding hydrogens is 525 g/mol. The SMILES string of the molecule is CC(C)=NO[C@H]1C[C@H](n2cnc3c(N)ncnc32)O[C@@H]1COP(=O)(O)OP(=O)(O)OP(=O)(O)O. The van der Waals surface area contributed by atoms with Crippen molar-refractivity contribution < 1.29 is 56.0 Å². The molecule has 21 heteroatoms. The molecule has 0 radical (unpaired) electrons. The van der Waals surface area contributed by atoms with E-state index < -0.39 is 48.5 Å². The largest absolute Gasteiger partial charge is 0.490 e. The number of nitrogens with two attached hydrogens (primary N) is 1. The van der Waals surface area contributed by atoms with Gasteiger partial charge in [0.25, 0.3) is 0 Å². The van der Waals surface area contributed by atoms with Gasteiger partial charge in [-0.25, -0.2) is 28.6 Å². The van der Waals surface area contributed by atoms with E-state index in [2.05, 4.69) is 33.3 Å². The fraction of sp³-hybridized carbons (Fsp3) is 0.538. The van der Waals surface area contributed by atoms with Crippen molar-refractivity contribution in [3.8, 4) is 0 Å². The third kappa shape index (κ3) is 7.10. The smallest absolute Gasteiger partial charge is 0.389 e. The van der Waals surface area contributed by atoms with Crippen molar-refractivity contribution in [2.75, 3.05) is 12.3 Å². The number of oxime groups is 1. The number of anilines is 1. The molecule has 34 heavy (non-hydrogen) atoms. The number of nitrogens with zero attached hydrogens (tertiary/aromatic N) is 5. The van der Waals surface area contributed by atoms with Crippen LogP contribution in [0.1, 0.15) is 26.5 Å². The van der Waals surface area contributed by atoms with Crippen LogP contribution in [0.5, 0.6) is 0 Å². The van der Waals surface area contributed by atoms with Gasteiger partial charge < -0.3 is 34.9 Å². The van der Waals surface area contributed by atoms with Gasteiger partial charge in [-0.15, -0.1) is 0 Å². The number of hydrogen-bond acceptors (Lipinski definition) is 13. The standard InChI is InChI=1S/C13H21N6O12P3/c1-7(2)18-29-8-3-10(19-6-17-11-12(14)15-5-16-13(11)19)28-9(8)4-27-33(23,24)31-34(25,26)30-32(20,21)22/h5-6,8-10H,3-4H2,1-2H3,(H,23,24)(H,25,26)(H2,14,15,16)(H2,20,21,22)/t8-,9+,10+/m0/s1. The molecule has 5 atom stereocenters. The second kappa shape index (κ2) is 10.0. The fourth-order valence-electron chi connectivity index (χ4n) is 2.86. The first-order valence-electron chi connectivity index (χ1n) is 9.19. The number of ether oxygens (including phenoxy) is 1. The van der Waals surface area contributed by atoms with E-state index >= 15 is 0 Å². The summed E-state index contributed by atoms with van der Waals surface area (Å²) in [5, 5.41) is 3.85. The third-order valence-electron chi connectivity index (χ3n) is 4.07. The zero-order valence-electron chi connectivity index (χ0n) is 17.5. The van der Waals surface area contributed by atoms with Crippen LogP contribution in [-0.4, -0.2) is 63.6 Å². The van der Waals surface area contributed by atoms with Crippen LogP contribution in [-0.2, 0) is 36.4 Å². The molecule has 1 fully saturated rings. The molecule has 6 N–H and O–H groups in total. The van der Waals surface area contributed by atoms with Gasteiger partial charge in [0.15, 0.2) is 17.6 Å². The van der Waals surface area contributed by atoms with Gasteiger partial charge >= 0.3 is 23.5 Å². The van der Waals surface area contributed by atoms with E-state index in [1.165, 1.54) is 17.2 Å². The Morgan fingerprint density at radius 1 is 1.18 bits per heavy atom. The van der Waals surface area contributed by atoms with Crippen LogP contribution in [0, 0.1) is 0 Å². The summed E-state index contributed by atoms with van der Waals surface area (Å²) >= 11 is 0. The van der Waals surface area contributed by atoms with E-state index in [4.69, 9.17) is 25.1 Å². The topological polar surface area (TPSA) is 260 Å². The zero-order valence-corrected chi connectivity index (χ0v) is 20.2. The van der Waals surface area contributed by atoms with Crippen LogP contribution in [0.4, 0.5) is 5.82 Å². The zero-order chi connectivity index (χ0) is 25.3. The molecule has 0 bridgehead atoms. The quantitative estimate of drug-likeness (QED) is 0.157. The fourth-order valence-corrected chi connectivity index (χ4v) is 5.89. The number of imidazole rings is 1. The molecule has 1 aliphatic rings. The van der Waals surface area contributed by atoms with Crippen molar-refractivity contribution in [1.82, 2.24) is 19.5 Å². The summed E-state index contributed by atoms with van der Waals surface area (Å²) < 4.78 is 53.7. The molecule has 190 valence electrons. The number of rotatable bonds is 10. The van der Waals surface area contributed by atoms with E-state index in [9.17, 15) is 23.5 Å². The predicted octanol–water partition coefficient (Wildman–Crippen LogP) is 0.820. The van der Waals surface area contributed by atoms with Gasteiger partial charge in [0, 0.05) is 6.42 Å². The van der Waals surface area contributed by atoms with Crippen LogP contribution in [0.3, 0.4) is 0 Å².